The standard InChI is InChI=1S/C17H24BrNO/c1-11(2)12-5-7-17(8-6-12)10-15(19)14-9-13(18)3-4-16(14)20-17/h3-4,9,11-12,15H,5-8,10,19H2,1-2H3/t12?,15-,17?/m0/s1. The summed E-state index contributed by atoms with van der Waals surface area (Å²) in [7, 11) is 0. The lowest BCUT2D eigenvalue weighted by Gasteiger charge is -2.46. The molecule has 0 saturated heterocycles. The van der Waals surface area contributed by atoms with E-state index in [2.05, 4.69) is 41.9 Å². The first kappa shape index (κ1) is 14.4. The monoisotopic (exact) mass is 337 g/mol. The molecule has 1 heterocycles. The first-order valence-corrected chi connectivity index (χ1v) is 8.52. The van der Waals surface area contributed by atoms with Gasteiger partial charge in [-0.05, 0) is 55.7 Å². The van der Waals surface area contributed by atoms with E-state index >= 15 is 0 Å². The normalized spacial score (nSPS) is 33.0. The summed E-state index contributed by atoms with van der Waals surface area (Å²) in [4.78, 5) is 0. The second-order valence-electron chi connectivity index (χ2n) is 6.86. The molecule has 0 aromatic heterocycles. The van der Waals surface area contributed by atoms with Gasteiger partial charge in [0.1, 0.15) is 11.4 Å². The van der Waals surface area contributed by atoms with Crippen LogP contribution in [0.5, 0.6) is 5.75 Å². The van der Waals surface area contributed by atoms with Gasteiger partial charge >= 0.3 is 0 Å². The highest BCUT2D eigenvalue weighted by atomic mass is 79.9. The van der Waals surface area contributed by atoms with Gasteiger partial charge in [0, 0.05) is 22.5 Å². The molecule has 1 aliphatic heterocycles. The van der Waals surface area contributed by atoms with Gasteiger partial charge in [0.15, 0.2) is 0 Å². The van der Waals surface area contributed by atoms with E-state index < -0.39 is 0 Å². The van der Waals surface area contributed by atoms with Crippen LogP contribution in [0.2, 0.25) is 0 Å². The van der Waals surface area contributed by atoms with Crippen molar-refractivity contribution < 1.29 is 4.74 Å². The topological polar surface area (TPSA) is 35.2 Å². The lowest BCUT2D eigenvalue weighted by molar-refractivity contribution is -0.0160. The largest absolute Gasteiger partial charge is 0.487 e. The fourth-order valence-electron chi connectivity index (χ4n) is 3.83. The summed E-state index contributed by atoms with van der Waals surface area (Å²) < 4.78 is 7.49. The van der Waals surface area contributed by atoms with Crippen molar-refractivity contribution in [1.29, 1.82) is 0 Å². The summed E-state index contributed by atoms with van der Waals surface area (Å²) in [6.07, 6.45) is 5.81. The van der Waals surface area contributed by atoms with Crippen LogP contribution in [-0.4, -0.2) is 5.60 Å². The second kappa shape index (κ2) is 5.34. The molecule has 110 valence electrons. The van der Waals surface area contributed by atoms with Crippen LogP contribution in [-0.2, 0) is 0 Å². The Hall–Kier alpha value is -0.540. The molecule has 1 aromatic rings. The average molecular weight is 338 g/mol. The summed E-state index contributed by atoms with van der Waals surface area (Å²) in [5.41, 5.74) is 7.56. The average Bonchev–Trinajstić information content (AvgIpc) is 2.40. The van der Waals surface area contributed by atoms with Crippen molar-refractivity contribution in [2.75, 3.05) is 0 Å². The molecule has 3 heteroatoms. The number of hydrogen-bond donors (Lipinski definition) is 1. The van der Waals surface area contributed by atoms with Gasteiger partial charge in [0.2, 0.25) is 0 Å². The van der Waals surface area contributed by atoms with E-state index in [1.54, 1.807) is 0 Å². The Bertz CT molecular complexity index is 492. The molecule has 2 nitrogen and oxygen atoms in total. The van der Waals surface area contributed by atoms with Crippen LogP contribution in [0, 0.1) is 11.8 Å². The van der Waals surface area contributed by atoms with E-state index in [9.17, 15) is 0 Å². The molecule has 3 rings (SSSR count). The van der Waals surface area contributed by atoms with Crippen molar-refractivity contribution in [3.8, 4) is 5.75 Å². The molecule has 20 heavy (non-hydrogen) atoms. The fraction of sp³-hybridized carbons (Fsp3) is 0.647. The third-order valence-electron chi connectivity index (χ3n) is 5.17. The Kier molecular flexibility index (Phi) is 3.85. The van der Waals surface area contributed by atoms with Gasteiger partial charge in [-0.25, -0.2) is 0 Å². The zero-order valence-electron chi connectivity index (χ0n) is 12.4. The maximum atomic E-state index is 6.41. The zero-order valence-corrected chi connectivity index (χ0v) is 13.9. The molecule has 0 radical (unpaired) electrons. The number of rotatable bonds is 1. The highest BCUT2D eigenvalue weighted by Gasteiger charge is 2.43. The van der Waals surface area contributed by atoms with Crippen LogP contribution in [0.25, 0.3) is 0 Å². The molecule has 0 amide bonds. The molecule has 1 saturated carbocycles. The van der Waals surface area contributed by atoms with Gasteiger partial charge in [-0.3, -0.25) is 0 Å². The van der Waals surface area contributed by atoms with Crippen LogP contribution in [0.15, 0.2) is 22.7 Å². The van der Waals surface area contributed by atoms with Crippen molar-refractivity contribution in [2.24, 2.45) is 17.6 Å². The zero-order chi connectivity index (χ0) is 14.3. The molecule has 1 fully saturated rings. The number of ether oxygens (including phenoxy) is 1. The maximum absolute atomic E-state index is 6.41. The number of benzene rings is 1. The van der Waals surface area contributed by atoms with E-state index in [0.29, 0.717) is 0 Å². The summed E-state index contributed by atoms with van der Waals surface area (Å²) in [5.74, 6) is 2.63. The Morgan fingerprint density at radius 2 is 2.00 bits per heavy atom. The summed E-state index contributed by atoms with van der Waals surface area (Å²) in [6.45, 7) is 4.67. The smallest absolute Gasteiger partial charge is 0.124 e. The van der Waals surface area contributed by atoms with Crippen molar-refractivity contribution >= 4 is 15.9 Å². The minimum atomic E-state index is -0.00830. The first-order valence-electron chi connectivity index (χ1n) is 7.73. The van der Waals surface area contributed by atoms with E-state index in [-0.39, 0.29) is 11.6 Å². The molecule has 1 aromatic carbocycles. The van der Waals surface area contributed by atoms with E-state index in [1.165, 1.54) is 12.8 Å². The summed E-state index contributed by atoms with van der Waals surface area (Å²) in [6, 6.07) is 6.32. The van der Waals surface area contributed by atoms with E-state index in [0.717, 1.165) is 46.9 Å². The number of hydrogen-bond acceptors (Lipinski definition) is 2. The van der Waals surface area contributed by atoms with Crippen molar-refractivity contribution in [1.82, 2.24) is 0 Å². The number of fused-ring (bicyclic) bond motifs is 1. The Morgan fingerprint density at radius 3 is 2.65 bits per heavy atom. The van der Waals surface area contributed by atoms with Gasteiger partial charge < -0.3 is 10.5 Å². The predicted molar refractivity (Wildman–Crippen MR) is 85.8 cm³/mol. The van der Waals surface area contributed by atoms with Crippen molar-refractivity contribution in [3.05, 3.63) is 28.2 Å². The van der Waals surface area contributed by atoms with Gasteiger partial charge in [0.05, 0.1) is 0 Å². The van der Waals surface area contributed by atoms with Crippen LogP contribution in [0.1, 0.15) is 57.6 Å². The van der Waals surface area contributed by atoms with Crippen LogP contribution >= 0.6 is 15.9 Å². The Labute approximate surface area is 130 Å². The Morgan fingerprint density at radius 1 is 1.30 bits per heavy atom. The van der Waals surface area contributed by atoms with Crippen LogP contribution in [0.3, 0.4) is 0 Å². The third-order valence-corrected chi connectivity index (χ3v) is 5.67. The van der Waals surface area contributed by atoms with Gasteiger partial charge in [-0.1, -0.05) is 29.8 Å². The molecule has 2 aliphatic rings. The van der Waals surface area contributed by atoms with E-state index in [1.807, 2.05) is 6.07 Å². The Balaban J connectivity index is 1.80. The summed E-state index contributed by atoms with van der Waals surface area (Å²) in [5, 5.41) is 0. The van der Waals surface area contributed by atoms with Crippen molar-refractivity contribution in [2.45, 2.75) is 57.6 Å². The van der Waals surface area contributed by atoms with Crippen LogP contribution < -0.4 is 10.5 Å². The lowest BCUT2D eigenvalue weighted by Crippen LogP contribution is -2.46. The summed E-state index contributed by atoms with van der Waals surface area (Å²) >= 11 is 3.52. The molecule has 1 spiro atoms. The molecule has 1 atom stereocenters. The molecular formula is C17H24BrNO. The maximum Gasteiger partial charge on any atom is 0.124 e. The van der Waals surface area contributed by atoms with Crippen LogP contribution in [0.4, 0.5) is 0 Å². The molecule has 2 N–H and O–H groups in total. The minimum absolute atomic E-state index is 0.00830. The fourth-order valence-corrected chi connectivity index (χ4v) is 4.21. The van der Waals surface area contributed by atoms with Gasteiger partial charge in [-0.15, -0.1) is 0 Å². The third kappa shape index (κ3) is 2.62. The molecule has 1 aliphatic carbocycles. The lowest BCUT2D eigenvalue weighted by atomic mass is 9.71. The predicted octanol–water partition coefficient (Wildman–Crippen LogP) is 4.82. The van der Waals surface area contributed by atoms with Gasteiger partial charge in [0.25, 0.3) is 0 Å². The quantitative estimate of drug-likeness (QED) is 0.797. The molecule has 0 unspecified atom stereocenters. The van der Waals surface area contributed by atoms with E-state index in [4.69, 9.17) is 10.5 Å². The minimum Gasteiger partial charge on any atom is -0.487 e. The number of nitrogens with two attached hydrogens (primary N) is 1. The number of halogens is 1. The highest BCUT2D eigenvalue weighted by molar-refractivity contribution is 9.10. The van der Waals surface area contributed by atoms with Gasteiger partial charge in [-0.2, -0.15) is 0 Å². The SMILES string of the molecule is CC(C)C1CCC2(CC1)C[C@H](N)c1cc(Br)ccc1O2. The van der Waals surface area contributed by atoms with Crippen molar-refractivity contribution in [3.63, 3.8) is 0 Å². The first-order chi connectivity index (χ1) is 9.49. The second-order valence-corrected chi connectivity index (χ2v) is 7.77. The molecular weight excluding hydrogens is 314 g/mol. The highest BCUT2D eigenvalue weighted by Crippen LogP contribution is 2.47. The molecule has 0 bridgehead atoms.